The fourth-order valence-electron chi connectivity index (χ4n) is 2.32. The molecule has 0 unspecified atom stereocenters. The second-order valence-electron chi connectivity index (χ2n) is 6.01. The van der Waals surface area contributed by atoms with Gasteiger partial charge in [0.25, 0.3) is 0 Å². The highest BCUT2D eigenvalue weighted by Crippen LogP contribution is 2.28. The molecule has 1 fully saturated rings. The third-order valence-corrected chi connectivity index (χ3v) is 3.40. The molecule has 1 aliphatic rings. The average Bonchev–Trinajstić information content (AvgIpc) is 3.11. The maximum Gasteiger partial charge on any atom is 0.151 e. The lowest BCUT2D eigenvalue weighted by molar-refractivity contribution is 0.222. The molecule has 0 bridgehead atoms. The summed E-state index contributed by atoms with van der Waals surface area (Å²) in [5.74, 6) is 1.67. The van der Waals surface area contributed by atoms with Crippen LogP contribution in [0.25, 0.3) is 0 Å². The van der Waals surface area contributed by atoms with Gasteiger partial charge in [0.05, 0.1) is 12.2 Å². The predicted molar refractivity (Wildman–Crippen MR) is 76.8 cm³/mol. The standard InChI is InChI=1S/C15H27N3O/c1-4-7-18(14-5-6-14)11-15-8-13(17-19-15)10-16-9-12(2)3/h8,12,14,16H,4-7,9-11H2,1-3H3. The molecule has 108 valence electrons. The second kappa shape index (κ2) is 7.06. The number of hydrogen-bond acceptors (Lipinski definition) is 4. The van der Waals surface area contributed by atoms with Gasteiger partial charge in [-0.3, -0.25) is 4.90 Å². The quantitative estimate of drug-likeness (QED) is 0.745. The Morgan fingerprint density at radius 2 is 2.26 bits per heavy atom. The van der Waals surface area contributed by atoms with Crippen LogP contribution >= 0.6 is 0 Å². The maximum absolute atomic E-state index is 5.45. The summed E-state index contributed by atoms with van der Waals surface area (Å²) >= 11 is 0. The predicted octanol–water partition coefficient (Wildman–Crippen LogP) is 2.79. The van der Waals surface area contributed by atoms with Crippen molar-refractivity contribution >= 4 is 0 Å². The third kappa shape index (κ3) is 4.96. The van der Waals surface area contributed by atoms with Crippen LogP contribution in [0.1, 0.15) is 51.5 Å². The monoisotopic (exact) mass is 265 g/mol. The fraction of sp³-hybridized carbons (Fsp3) is 0.800. The molecule has 0 spiro atoms. The van der Waals surface area contributed by atoms with Gasteiger partial charge in [-0.2, -0.15) is 0 Å². The molecule has 1 heterocycles. The summed E-state index contributed by atoms with van der Waals surface area (Å²) in [6, 6.07) is 2.88. The van der Waals surface area contributed by atoms with Gasteiger partial charge in [-0.25, -0.2) is 0 Å². The molecule has 4 heteroatoms. The number of hydrogen-bond donors (Lipinski definition) is 1. The van der Waals surface area contributed by atoms with E-state index in [1.54, 1.807) is 0 Å². The molecule has 0 saturated heterocycles. The first kappa shape index (κ1) is 14.5. The van der Waals surface area contributed by atoms with Crippen molar-refractivity contribution in [2.45, 2.75) is 59.2 Å². The largest absolute Gasteiger partial charge is 0.360 e. The topological polar surface area (TPSA) is 41.3 Å². The summed E-state index contributed by atoms with van der Waals surface area (Å²) < 4.78 is 5.45. The molecule has 2 rings (SSSR count). The van der Waals surface area contributed by atoms with Crippen LogP contribution in [0.15, 0.2) is 10.6 Å². The minimum Gasteiger partial charge on any atom is -0.360 e. The molecule has 4 nitrogen and oxygen atoms in total. The summed E-state index contributed by atoms with van der Waals surface area (Å²) in [6.07, 6.45) is 3.89. The van der Waals surface area contributed by atoms with Crippen LogP contribution in [0.5, 0.6) is 0 Å². The smallest absolute Gasteiger partial charge is 0.151 e. The number of rotatable bonds is 9. The summed E-state index contributed by atoms with van der Waals surface area (Å²) in [5.41, 5.74) is 1.02. The van der Waals surface area contributed by atoms with E-state index in [0.29, 0.717) is 5.92 Å². The summed E-state index contributed by atoms with van der Waals surface area (Å²) in [6.45, 7) is 10.5. The Labute approximate surface area is 116 Å². The molecule has 0 amide bonds. The van der Waals surface area contributed by atoms with Crippen molar-refractivity contribution in [3.05, 3.63) is 17.5 Å². The van der Waals surface area contributed by atoms with E-state index in [2.05, 4.69) is 42.2 Å². The van der Waals surface area contributed by atoms with Gasteiger partial charge in [0, 0.05) is 18.7 Å². The van der Waals surface area contributed by atoms with Gasteiger partial charge >= 0.3 is 0 Å². The van der Waals surface area contributed by atoms with Crippen molar-refractivity contribution in [3.63, 3.8) is 0 Å². The minimum absolute atomic E-state index is 0.668. The van der Waals surface area contributed by atoms with Crippen LogP contribution in [0, 0.1) is 5.92 Å². The first-order valence-electron chi connectivity index (χ1n) is 7.58. The molecule has 0 aliphatic heterocycles. The Morgan fingerprint density at radius 1 is 1.47 bits per heavy atom. The van der Waals surface area contributed by atoms with Crippen LogP contribution in [-0.2, 0) is 13.1 Å². The molecular weight excluding hydrogens is 238 g/mol. The van der Waals surface area contributed by atoms with Crippen molar-refractivity contribution in [2.75, 3.05) is 13.1 Å². The summed E-state index contributed by atoms with van der Waals surface area (Å²) in [5, 5.41) is 7.53. The minimum atomic E-state index is 0.668. The van der Waals surface area contributed by atoms with E-state index in [-0.39, 0.29) is 0 Å². The van der Waals surface area contributed by atoms with Gasteiger partial charge < -0.3 is 9.84 Å². The molecule has 19 heavy (non-hydrogen) atoms. The molecule has 1 aromatic rings. The molecule has 1 N–H and O–H groups in total. The van der Waals surface area contributed by atoms with Gasteiger partial charge in [0.2, 0.25) is 0 Å². The lowest BCUT2D eigenvalue weighted by Crippen LogP contribution is -2.26. The molecule has 1 saturated carbocycles. The normalized spacial score (nSPS) is 15.6. The number of nitrogens with one attached hydrogen (secondary N) is 1. The zero-order valence-electron chi connectivity index (χ0n) is 12.5. The van der Waals surface area contributed by atoms with E-state index in [1.807, 2.05) is 0 Å². The van der Waals surface area contributed by atoms with Crippen LogP contribution in [0.4, 0.5) is 0 Å². The number of aromatic nitrogens is 1. The van der Waals surface area contributed by atoms with Crippen molar-refractivity contribution < 1.29 is 4.52 Å². The molecular formula is C15H27N3O. The maximum atomic E-state index is 5.45. The van der Waals surface area contributed by atoms with Gasteiger partial charge in [-0.15, -0.1) is 0 Å². The van der Waals surface area contributed by atoms with Gasteiger partial charge in [0.15, 0.2) is 5.76 Å². The number of nitrogens with zero attached hydrogens (tertiary/aromatic N) is 2. The van der Waals surface area contributed by atoms with E-state index < -0.39 is 0 Å². The van der Waals surface area contributed by atoms with Crippen LogP contribution in [0.2, 0.25) is 0 Å². The van der Waals surface area contributed by atoms with Crippen LogP contribution < -0.4 is 5.32 Å². The van der Waals surface area contributed by atoms with E-state index in [9.17, 15) is 0 Å². The highest BCUT2D eigenvalue weighted by Gasteiger charge is 2.29. The highest BCUT2D eigenvalue weighted by atomic mass is 16.5. The first-order valence-corrected chi connectivity index (χ1v) is 7.58. The first-order chi connectivity index (χ1) is 9.19. The van der Waals surface area contributed by atoms with Crippen LogP contribution in [0.3, 0.4) is 0 Å². The molecule has 0 atom stereocenters. The van der Waals surface area contributed by atoms with E-state index in [4.69, 9.17) is 4.52 Å². The highest BCUT2D eigenvalue weighted by molar-refractivity contribution is 5.06. The fourth-order valence-corrected chi connectivity index (χ4v) is 2.32. The van der Waals surface area contributed by atoms with Crippen molar-refractivity contribution in [1.82, 2.24) is 15.4 Å². The van der Waals surface area contributed by atoms with Crippen molar-refractivity contribution in [2.24, 2.45) is 5.92 Å². The third-order valence-electron chi connectivity index (χ3n) is 3.40. The molecule has 0 aromatic carbocycles. The summed E-state index contributed by atoms with van der Waals surface area (Å²) in [4.78, 5) is 2.52. The summed E-state index contributed by atoms with van der Waals surface area (Å²) in [7, 11) is 0. The zero-order valence-corrected chi connectivity index (χ0v) is 12.5. The SMILES string of the molecule is CCCN(Cc1cc(CNCC(C)C)no1)C1CC1. The van der Waals surface area contributed by atoms with Gasteiger partial charge in [0.1, 0.15) is 0 Å². The van der Waals surface area contributed by atoms with Gasteiger partial charge in [-0.05, 0) is 38.3 Å². The van der Waals surface area contributed by atoms with Crippen molar-refractivity contribution in [3.8, 4) is 0 Å². The second-order valence-corrected chi connectivity index (χ2v) is 6.01. The van der Waals surface area contributed by atoms with Crippen molar-refractivity contribution in [1.29, 1.82) is 0 Å². The lowest BCUT2D eigenvalue weighted by Gasteiger charge is -2.18. The average molecular weight is 265 g/mol. The Morgan fingerprint density at radius 3 is 2.89 bits per heavy atom. The van der Waals surface area contributed by atoms with Crippen LogP contribution in [-0.4, -0.2) is 29.2 Å². The van der Waals surface area contributed by atoms with E-state index >= 15 is 0 Å². The van der Waals surface area contributed by atoms with E-state index in [1.165, 1.54) is 19.3 Å². The Kier molecular flexibility index (Phi) is 5.40. The Hall–Kier alpha value is -0.870. The Bertz CT molecular complexity index is 371. The zero-order chi connectivity index (χ0) is 13.7. The molecule has 1 aliphatic carbocycles. The molecule has 0 radical (unpaired) electrons. The molecule has 1 aromatic heterocycles. The van der Waals surface area contributed by atoms with Gasteiger partial charge in [-0.1, -0.05) is 25.9 Å². The lowest BCUT2D eigenvalue weighted by atomic mass is 10.2. The Balaban J connectivity index is 1.79. The van der Waals surface area contributed by atoms with E-state index in [0.717, 1.165) is 43.7 Å².